The first kappa shape index (κ1) is 17.6. The van der Waals surface area contributed by atoms with Crippen molar-refractivity contribution in [3.05, 3.63) is 53.6 Å². The van der Waals surface area contributed by atoms with Crippen molar-refractivity contribution >= 4 is 21.6 Å². The Balaban J connectivity index is 1.92. The highest BCUT2D eigenvalue weighted by molar-refractivity contribution is 7.89. The summed E-state index contributed by atoms with van der Waals surface area (Å²) in [6, 6.07) is 12.7. The molecule has 0 aromatic heterocycles. The van der Waals surface area contributed by atoms with E-state index in [2.05, 4.69) is 4.72 Å². The van der Waals surface area contributed by atoms with Crippen LogP contribution < -0.4 is 14.2 Å². The van der Waals surface area contributed by atoms with E-state index < -0.39 is 16.1 Å². The third-order valence-electron chi connectivity index (χ3n) is 3.04. The van der Waals surface area contributed by atoms with Gasteiger partial charge in [-0.15, -0.1) is 0 Å². The van der Waals surface area contributed by atoms with Crippen molar-refractivity contribution in [1.29, 1.82) is 0 Å². The molecule has 0 heterocycles. The lowest BCUT2D eigenvalue weighted by Crippen LogP contribution is -2.36. The molecule has 7 heteroatoms. The van der Waals surface area contributed by atoms with Gasteiger partial charge in [0.05, 0.1) is 18.0 Å². The number of hydrogen-bond donors (Lipinski definition) is 1. The number of rotatable bonds is 7. The van der Waals surface area contributed by atoms with E-state index in [4.69, 9.17) is 21.1 Å². The molecule has 124 valence electrons. The Morgan fingerprint density at radius 1 is 1.04 bits per heavy atom. The van der Waals surface area contributed by atoms with Gasteiger partial charge in [0.15, 0.2) is 0 Å². The van der Waals surface area contributed by atoms with Crippen LogP contribution >= 0.6 is 11.6 Å². The standard InChI is InChI=1S/C16H18ClNO4S/c1-12(11-22-15-7-5-14(21-2)6-8-15)18-23(19,20)16-9-3-13(17)4-10-16/h3-10,12,18H,11H2,1-2H3. The lowest BCUT2D eigenvalue weighted by molar-refractivity contribution is 0.287. The summed E-state index contributed by atoms with van der Waals surface area (Å²) in [6.07, 6.45) is 0. The largest absolute Gasteiger partial charge is 0.497 e. The van der Waals surface area contributed by atoms with E-state index in [1.807, 2.05) is 0 Å². The second-order valence-electron chi connectivity index (χ2n) is 4.96. The van der Waals surface area contributed by atoms with E-state index in [-0.39, 0.29) is 11.5 Å². The minimum atomic E-state index is -3.60. The molecule has 0 fully saturated rings. The van der Waals surface area contributed by atoms with Gasteiger partial charge in [0.2, 0.25) is 10.0 Å². The molecule has 0 spiro atoms. The van der Waals surface area contributed by atoms with E-state index in [1.54, 1.807) is 38.3 Å². The van der Waals surface area contributed by atoms with E-state index in [0.29, 0.717) is 10.8 Å². The van der Waals surface area contributed by atoms with E-state index in [1.165, 1.54) is 24.3 Å². The van der Waals surface area contributed by atoms with Crippen LogP contribution in [0, 0.1) is 0 Å². The molecule has 2 rings (SSSR count). The first-order chi connectivity index (χ1) is 10.9. The average Bonchev–Trinajstić information content (AvgIpc) is 2.53. The number of hydrogen-bond acceptors (Lipinski definition) is 4. The second kappa shape index (κ2) is 7.68. The molecule has 1 N–H and O–H groups in total. The normalized spacial score (nSPS) is 12.7. The van der Waals surface area contributed by atoms with Crippen molar-refractivity contribution in [3.63, 3.8) is 0 Å². The molecule has 0 amide bonds. The predicted octanol–water partition coefficient (Wildman–Crippen LogP) is 3.09. The summed E-state index contributed by atoms with van der Waals surface area (Å²) in [4.78, 5) is 0.165. The van der Waals surface area contributed by atoms with E-state index in [9.17, 15) is 8.42 Å². The maximum Gasteiger partial charge on any atom is 0.240 e. The number of methoxy groups -OCH3 is 1. The number of nitrogens with one attached hydrogen (secondary N) is 1. The van der Waals surface area contributed by atoms with Crippen LogP contribution in [0.5, 0.6) is 11.5 Å². The summed E-state index contributed by atoms with van der Waals surface area (Å²) >= 11 is 5.76. The molecular formula is C16H18ClNO4S. The first-order valence-electron chi connectivity index (χ1n) is 6.95. The number of ether oxygens (including phenoxy) is 2. The molecule has 0 radical (unpaired) electrons. The molecule has 0 aliphatic rings. The molecule has 1 unspecified atom stereocenters. The van der Waals surface area contributed by atoms with Gasteiger partial charge in [0.25, 0.3) is 0 Å². The minimum absolute atomic E-state index is 0.165. The van der Waals surface area contributed by atoms with Crippen LogP contribution in [0.3, 0.4) is 0 Å². The molecule has 0 aliphatic carbocycles. The van der Waals surface area contributed by atoms with Crippen molar-refractivity contribution in [1.82, 2.24) is 4.72 Å². The number of benzene rings is 2. The number of sulfonamides is 1. The van der Waals surface area contributed by atoms with Crippen LogP contribution in [-0.4, -0.2) is 28.2 Å². The molecule has 5 nitrogen and oxygen atoms in total. The summed E-state index contributed by atoms with van der Waals surface area (Å²) in [6.45, 7) is 1.94. The molecule has 0 aliphatic heterocycles. The fourth-order valence-corrected chi connectivity index (χ4v) is 3.23. The van der Waals surface area contributed by atoms with Crippen LogP contribution in [0.4, 0.5) is 0 Å². The summed E-state index contributed by atoms with van der Waals surface area (Å²) in [5, 5.41) is 0.486. The Labute approximate surface area is 141 Å². The predicted molar refractivity (Wildman–Crippen MR) is 89.7 cm³/mol. The molecule has 0 saturated carbocycles. The highest BCUT2D eigenvalue weighted by atomic mass is 35.5. The smallest absolute Gasteiger partial charge is 0.240 e. The first-order valence-corrected chi connectivity index (χ1v) is 8.81. The summed E-state index contributed by atoms with van der Waals surface area (Å²) in [5.41, 5.74) is 0. The van der Waals surface area contributed by atoms with Crippen LogP contribution in [0.1, 0.15) is 6.92 Å². The van der Waals surface area contributed by atoms with Gasteiger partial charge in [-0.05, 0) is 55.5 Å². The van der Waals surface area contributed by atoms with Crippen molar-refractivity contribution in [2.45, 2.75) is 17.9 Å². The van der Waals surface area contributed by atoms with Crippen molar-refractivity contribution < 1.29 is 17.9 Å². The van der Waals surface area contributed by atoms with Gasteiger partial charge in [0.1, 0.15) is 18.1 Å². The quantitative estimate of drug-likeness (QED) is 0.828. The van der Waals surface area contributed by atoms with Crippen LogP contribution in [-0.2, 0) is 10.0 Å². The lowest BCUT2D eigenvalue weighted by atomic mass is 10.3. The van der Waals surface area contributed by atoms with Gasteiger partial charge in [-0.25, -0.2) is 13.1 Å². The zero-order valence-electron chi connectivity index (χ0n) is 12.8. The van der Waals surface area contributed by atoms with Gasteiger partial charge < -0.3 is 9.47 Å². The van der Waals surface area contributed by atoms with Crippen LogP contribution in [0.2, 0.25) is 5.02 Å². The molecular weight excluding hydrogens is 338 g/mol. The minimum Gasteiger partial charge on any atom is -0.497 e. The van der Waals surface area contributed by atoms with Crippen LogP contribution in [0.15, 0.2) is 53.4 Å². The lowest BCUT2D eigenvalue weighted by Gasteiger charge is -2.15. The second-order valence-corrected chi connectivity index (χ2v) is 7.11. The van der Waals surface area contributed by atoms with Gasteiger partial charge >= 0.3 is 0 Å². The Kier molecular flexibility index (Phi) is 5.87. The molecule has 1 atom stereocenters. The zero-order chi connectivity index (χ0) is 16.9. The summed E-state index contributed by atoms with van der Waals surface area (Å²) in [7, 11) is -2.01. The topological polar surface area (TPSA) is 64.6 Å². The average molecular weight is 356 g/mol. The Morgan fingerprint density at radius 3 is 2.17 bits per heavy atom. The monoisotopic (exact) mass is 355 g/mol. The fraction of sp³-hybridized carbons (Fsp3) is 0.250. The Bertz CT molecular complexity index is 730. The number of halogens is 1. The summed E-state index contributed by atoms with van der Waals surface area (Å²) < 4.78 is 37.6. The van der Waals surface area contributed by atoms with Crippen molar-refractivity contribution in [2.75, 3.05) is 13.7 Å². The SMILES string of the molecule is COc1ccc(OCC(C)NS(=O)(=O)c2ccc(Cl)cc2)cc1. The Morgan fingerprint density at radius 2 is 1.61 bits per heavy atom. The maximum atomic E-state index is 12.2. The third-order valence-corrected chi connectivity index (χ3v) is 4.90. The molecule has 2 aromatic rings. The molecule has 23 heavy (non-hydrogen) atoms. The zero-order valence-corrected chi connectivity index (χ0v) is 14.4. The fourth-order valence-electron chi connectivity index (χ4n) is 1.87. The summed E-state index contributed by atoms with van der Waals surface area (Å²) in [5.74, 6) is 1.37. The van der Waals surface area contributed by atoms with Crippen LogP contribution in [0.25, 0.3) is 0 Å². The van der Waals surface area contributed by atoms with Gasteiger partial charge in [-0.3, -0.25) is 0 Å². The Hall–Kier alpha value is -1.76. The molecule has 0 bridgehead atoms. The van der Waals surface area contributed by atoms with E-state index >= 15 is 0 Å². The van der Waals surface area contributed by atoms with E-state index in [0.717, 1.165) is 5.75 Å². The van der Waals surface area contributed by atoms with Crippen molar-refractivity contribution in [2.24, 2.45) is 0 Å². The highest BCUT2D eigenvalue weighted by Crippen LogP contribution is 2.17. The van der Waals surface area contributed by atoms with Crippen molar-refractivity contribution in [3.8, 4) is 11.5 Å². The molecule has 0 saturated heterocycles. The third kappa shape index (κ3) is 5.13. The highest BCUT2D eigenvalue weighted by Gasteiger charge is 2.17. The van der Waals surface area contributed by atoms with Gasteiger partial charge in [-0.2, -0.15) is 0 Å². The van der Waals surface area contributed by atoms with Gasteiger partial charge in [0, 0.05) is 5.02 Å². The molecule has 2 aromatic carbocycles. The maximum absolute atomic E-state index is 12.2. The van der Waals surface area contributed by atoms with Gasteiger partial charge in [-0.1, -0.05) is 11.6 Å².